The monoisotopic (exact) mass is 324 g/mol. The van der Waals surface area contributed by atoms with E-state index in [1.807, 2.05) is 6.07 Å². The van der Waals surface area contributed by atoms with Gasteiger partial charge in [-0.3, -0.25) is 4.79 Å². The Morgan fingerprint density at radius 2 is 1.92 bits per heavy atom. The lowest BCUT2D eigenvalue weighted by molar-refractivity contribution is 0.340. The third kappa shape index (κ3) is 3.08. The van der Waals surface area contributed by atoms with Gasteiger partial charge in [0.2, 0.25) is 0 Å². The van der Waals surface area contributed by atoms with Crippen molar-refractivity contribution in [2.24, 2.45) is 0 Å². The average Bonchev–Trinajstić information content (AvgIpc) is 2.54. The van der Waals surface area contributed by atoms with Crippen LogP contribution in [0, 0.1) is 22.7 Å². The molecule has 0 unspecified atom stereocenters. The number of nitrogens with zero attached hydrogens (tertiary/aromatic N) is 2. The van der Waals surface area contributed by atoms with Crippen molar-refractivity contribution in [1.82, 2.24) is 4.98 Å². The number of rotatable bonds is 4. The minimum atomic E-state index is -1.79. The number of hydrogen-bond donors (Lipinski definition) is 4. The number of pyridine rings is 1. The molecule has 0 saturated heterocycles. The van der Waals surface area contributed by atoms with Crippen molar-refractivity contribution in [3.63, 3.8) is 0 Å². The summed E-state index contributed by atoms with van der Waals surface area (Å²) in [5.41, 5.74) is 4.90. The first-order valence-corrected chi connectivity index (χ1v) is 6.93. The number of hydrogen-bond acceptors (Lipinski definition) is 7. The van der Waals surface area contributed by atoms with Gasteiger partial charge in [-0.15, -0.1) is 0 Å². The van der Waals surface area contributed by atoms with Crippen molar-refractivity contribution in [1.29, 1.82) is 10.5 Å². The summed E-state index contributed by atoms with van der Waals surface area (Å²) in [7, 11) is -1.79. The van der Waals surface area contributed by atoms with Gasteiger partial charge in [-0.2, -0.15) is 10.5 Å². The third-order valence-corrected chi connectivity index (χ3v) is 3.29. The Balaban J connectivity index is 2.88. The molecule has 5 N–H and O–H groups in total. The standard InChI is InChI=1S/C15H13BN4O4/c1-2-24-10-4-8(3-9(5-10)16(22)23)13-11(6-17)14(19)20-15(21)12(13)7-18/h3-5,22-23H,2H2,1H3,(H3,19,20,21). The zero-order chi connectivity index (χ0) is 17.9. The lowest BCUT2D eigenvalue weighted by Gasteiger charge is -2.13. The minimum absolute atomic E-state index is 0.0182. The average molecular weight is 324 g/mol. The van der Waals surface area contributed by atoms with Crippen LogP contribution in [0.3, 0.4) is 0 Å². The number of nitrogens with two attached hydrogens (primary N) is 1. The van der Waals surface area contributed by atoms with Gasteiger partial charge < -0.3 is 25.5 Å². The number of aromatic nitrogens is 1. The highest BCUT2D eigenvalue weighted by atomic mass is 16.5. The Bertz CT molecular complexity index is 925. The van der Waals surface area contributed by atoms with Gasteiger partial charge in [0.25, 0.3) is 5.56 Å². The quantitative estimate of drug-likeness (QED) is 0.549. The number of aromatic amines is 1. The van der Waals surface area contributed by atoms with Gasteiger partial charge in [-0.25, -0.2) is 0 Å². The molecule has 0 bridgehead atoms. The van der Waals surface area contributed by atoms with E-state index in [1.54, 1.807) is 13.0 Å². The van der Waals surface area contributed by atoms with Crippen molar-refractivity contribution in [2.45, 2.75) is 6.92 Å². The van der Waals surface area contributed by atoms with Gasteiger partial charge in [-0.05, 0) is 30.1 Å². The number of H-pyrrole nitrogens is 1. The normalized spacial score (nSPS) is 9.88. The molecule has 0 radical (unpaired) electrons. The lowest BCUT2D eigenvalue weighted by atomic mass is 9.78. The van der Waals surface area contributed by atoms with Crippen LogP contribution in [0.1, 0.15) is 18.1 Å². The van der Waals surface area contributed by atoms with Crippen molar-refractivity contribution in [2.75, 3.05) is 12.3 Å². The predicted octanol–water partition coefficient (Wildman–Crippen LogP) is -0.554. The van der Waals surface area contributed by atoms with Crippen molar-refractivity contribution in [3.05, 3.63) is 39.7 Å². The van der Waals surface area contributed by atoms with Gasteiger partial charge in [0, 0.05) is 5.56 Å². The van der Waals surface area contributed by atoms with Crippen LogP contribution in [-0.4, -0.2) is 28.8 Å². The van der Waals surface area contributed by atoms with Crippen LogP contribution < -0.4 is 21.5 Å². The topological polar surface area (TPSA) is 156 Å². The van der Waals surface area contributed by atoms with Gasteiger partial charge in [0.15, 0.2) is 0 Å². The third-order valence-electron chi connectivity index (χ3n) is 3.29. The van der Waals surface area contributed by atoms with E-state index in [0.717, 1.165) is 0 Å². The molecule has 9 heteroatoms. The summed E-state index contributed by atoms with van der Waals surface area (Å²) in [4.78, 5) is 14.2. The largest absolute Gasteiger partial charge is 0.494 e. The van der Waals surface area contributed by atoms with Crippen molar-refractivity contribution in [3.8, 4) is 29.0 Å². The van der Waals surface area contributed by atoms with Gasteiger partial charge in [-0.1, -0.05) is 6.07 Å². The van der Waals surface area contributed by atoms with Crippen LogP contribution in [0.25, 0.3) is 11.1 Å². The Morgan fingerprint density at radius 3 is 2.46 bits per heavy atom. The molecule has 1 aromatic heterocycles. The molecule has 0 aliphatic carbocycles. The molecule has 8 nitrogen and oxygen atoms in total. The van der Waals surface area contributed by atoms with Crippen molar-refractivity contribution >= 4 is 18.4 Å². The molecule has 0 aliphatic rings. The molecule has 2 rings (SSSR count). The first-order chi connectivity index (χ1) is 11.4. The number of nitriles is 2. The summed E-state index contributed by atoms with van der Waals surface area (Å²) < 4.78 is 5.36. The van der Waals surface area contributed by atoms with E-state index < -0.39 is 12.7 Å². The Kier molecular flexibility index (Phi) is 4.90. The van der Waals surface area contributed by atoms with Gasteiger partial charge >= 0.3 is 7.12 Å². The van der Waals surface area contributed by atoms with Gasteiger partial charge in [0.05, 0.1) is 6.61 Å². The maximum absolute atomic E-state index is 12.0. The predicted molar refractivity (Wildman–Crippen MR) is 87.3 cm³/mol. The van der Waals surface area contributed by atoms with E-state index in [-0.39, 0.29) is 33.5 Å². The minimum Gasteiger partial charge on any atom is -0.494 e. The van der Waals surface area contributed by atoms with E-state index in [2.05, 4.69) is 4.98 Å². The molecule has 0 saturated carbocycles. The van der Waals surface area contributed by atoms with Crippen LogP contribution >= 0.6 is 0 Å². The second-order valence-corrected chi connectivity index (χ2v) is 4.81. The first kappa shape index (κ1) is 17.1. The number of nitrogens with one attached hydrogen (secondary N) is 1. The molecule has 0 atom stereocenters. The van der Waals surface area contributed by atoms with Crippen LogP contribution in [0.2, 0.25) is 0 Å². The van der Waals surface area contributed by atoms with Crippen LogP contribution in [-0.2, 0) is 0 Å². The second-order valence-electron chi connectivity index (χ2n) is 4.81. The molecule has 1 aromatic carbocycles. The summed E-state index contributed by atoms with van der Waals surface area (Å²) in [6, 6.07) is 7.85. The summed E-state index contributed by atoms with van der Waals surface area (Å²) in [6.07, 6.45) is 0. The van der Waals surface area contributed by atoms with Gasteiger partial charge in [0.1, 0.15) is 34.8 Å². The maximum Gasteiger partial charge on any atom is 0.488 e. The molecular weight excluding hydrogens is 311 g/mol. The van der Waals surface area contributed by atoms with Crippen molar-refractivity contribution < 1.29 is 14.8 Å². The van der Waals surface area contributed by atoms with Crippen LogP contribution in [0.5, 0.6) is 5.75 Å². The highest BCUT2D eigenvalue weighted by Crippen LogP contribution is 2.30. The maximum atomic E-state index is 12.0. The van der Waals surface area contributed by atoms with E-state index in [9.17, 15) is 25.4 Å². The molecule has 0 amide bonds. The summed E-state index contributed by atoms with van der Waals surface area (Å²) in [6.45, 7) is 2.06. The van der Waals surface area contributed by atoms with E-state index in [0.29, 0.717) is 12.4 Å². The van der Waals surface area contributed by atoms with E-state index in [4.69, 9.17) is 10.5 Å². The smallest absolute Gasteiger partial charge is 0.488 e. The fourth-order valence-corrected chi connectivity index (χ4v) is 2.30. The molecule has 120 valence electrons. The summed E-state index contributed by atoms with van der Waals surface area (Å²) >= 11 is 0. The lowest BCUT2D eigenvalue weighted by Crippen LogP contribution is -2.30. The zero-order valence-electron chi connectivity index (χ0n) is 12.7. The van der Waals surface area contributed by atoms with Crippen LogP contribution in [0.4, 0.5) is 5.82 Å². The molecule has 2 aromatic rings. The SMILES string of the molecule is CCOc1cc(B(O)O)cc(-c2c(C#N)c(N)[nH]c(=O)c2C#N)c1. The molecule has 1 heterocycles. The summed E-state index contributed by atoms with van der Waals surface area (Å²) in [5.74, 6) is 0.120. The molecular formula is C15H13BN4O4. The van der Waals surface area contributed by atoms with Crippen LogP contribution in [0.15, 0.2) is 23.0 Å². The fourth-order valence-electron chi connectivity index (χ4n) is 2.30. The second kappa shape index (κ2) is 6.88. The first-order valence-electron chi connectivity index (χ1n) is 6.93. The van der Waals surface area contributed by atoms with E-state index in [1.165, 1.54) is 18.2 Å². The highest BCUT2D eigenvalue weighted by molar-refractivity contribution is 6.58. The Morgan fingerprint density at radius 1 is 1.25 bits per heavy atom. The number of benzene rings is 1. The summed E-state index contributed by atoms with van der Waals surface area (Å²) in [5, 5.41) is 37.5. The number of nitrogen functional groups attached to an aromatic ring is 1. The molecule has 0 spiro atoms. The highest BCUT2D eigenvalue weighted by Gasteiger charge is 2.21. The molecule has 0 aliphatic heterocycles. The Labute approximate surface area is 137 Å². The number of anilines is 1. The Hall–Kier alpha value is -3.27. The zero-order valence-corrected chi connectivity index (χ0v) is 12.7. The molecule has 0 fully saturated rings. The fraction of sp³-hybridized carbons (Fsp3) is 0.133. The molecule has 24 heavy (non-hydrogen) atoms. The number of ether oxygens (including phenoxy) is 1. The van der Waals surface area contributed by atoms with E-state index >= 15 is 0 Å².